The Labute approximate surface area is 190 Å². The highest BCUT2D eigenvalue weighted by atomic mass is 35.5. The van der Waals surface area contributed by atoms with Gasteiger partial charge in [-0.2, -0.15) is 0 Å². The van der Waals surface area contributed by atoms with Crippen LogP contribution in [0.2, 0.25) is 10.0 Å². The normalized spacial score (nSPS) is 12.7. The van der Waals surface area contributed by atoms with Gasteiger partial charge in [0, 0.05) is 11.1 Å². The van der Waals surface area contributed by atoms with Gasteiger partial charge in [-0.05, 0) is 43.3 Å². The highest BCUT2D eigenvalue weighted by Crippen LogP contribution is 2.29. The lowest BCUT2D eigenvalue weighted by molar-refractivity contribution is -0.119. The summed E-state index contributed by atoms with van der Waals surface area (Å²) in [7, 11) is 0. The lowest BCUT2D eigenvalue weighted by atomic mass is 10.1. The molecule has 1 aromatic heterocycles. The van der Waals surface area contributed by atoms with Crippen LogP contribution in [0.15, 0.2) is 47.0 Å². The number of halogens is 2. The van der Waals surface area contributed by atoms with Crippen LogP contribution in [-0.4, -0.2) is 35.5 Å². The third-order valence-electron chi connectivity index (χ3n) is 4.50. The Hall–Kier alpha value is -3.69. The first kappa shape index (κ1) is 21.5. The highest BCUT2D eigenvalue weighted by Gasteiger charge is 2.38. The summed E-state index contributed by atoms with van der Waals surface area (Å²) < 4.78 is 9.93. The molecule has 0 unspecified atom stereocenters. The fourth-order valence-electron chi connectivity index (χ4n) is 3.03. The number of hydrogen-bond donors (Lipinski definition) is 1. The maximum absolute atomic E-state index is 12.7. The summed E-state index contributed by atoms with van der Waals surface area (Å²) in [6.45, 7) is 1.02. The number of ether oxygens (including phenoxy) is 1. The SMILES string of the molecule is Cc1cc(N2C(=O)c3ccc(C(=O)OCC(=O)Nc4cc(Cl)ccc4Cl)cc3C2=O)no1. The Morgan fingerprint density at radius 2 is 1.81 bits per heavy atom. The van der Waals surface area contributed by atoms with E-state index in [1.165, 1.54) is 36.4 Å². The van der Waals surface area contributed by atoms with E-state index in [9.17, 15) is 19.2 Å². The van der Waals surface area contributed by atoms with Gasteiger partial charge in [0.2, 0.25) is 0 Å². The zero-order valence-electron chi connectivity index (χ0n) is 16.3. The van der Waals surface area contributed by atoms with E-state index >= 15 is 0 Å². The molecule has 1 N–H and O–H groups in total. The van der Waals surface area contributed by atoms with Crippen LogP contribution in [0, 0.1) is 6.92 Å². The average Bonchev–Trinajstić information content (AvgIpc) is 3.29. The smallest absolute Gasteiger partial charge is 0.338 e. The van der Waals surface area contributed by atoms with Crippen LogP contribution in [0.4, 0.5) is 11.5 Å². The molecule has 0 saturated heterocycles. The molecular formula is C21H13Cl2N3O6. The summed E-state index contributed by atoms with van der Waals surface area (Å²) in [5, 5.41) is 6.81. The third kappa shape index (κ3) is 4.08. The Balaban J connectivity index is 1.44. The van der Waals surface area contributed by atoms with Gasteiger partial charge < -0.3 is 14.6 Å². The number of hydrogen-bond acceptors (Lipinski definition) is 7. The summed E-state index contributed by atoms with van der Waals surface area (Å²) in [5.74, 6) is -2.25. The summed E-state index contributed by atoms with van der Waals surface area (Å²) in [6, 6.07) is 9.87. The molecule has 32 heavy (non-hydrogen) atoms. The molecular weight excluding hydrogens is 461 g/mol. The van der Waals surface area contributed by atoms with Gasteiger partial charge in [-0.3, -0.25) is 14.4 Å². The molecule has 0 bridgehead atoms. The molecule has 4 rings (SSSR count). The number of rotatable bonds is 5. The van der Waals surface area contributed by atoms with Crippen molar-refractivity contribution in [3.63, 3.8) is 0 Å². The van der Waals surface area contributed by atoms with E-state index in [0.29, 0.717) is 10.8 Å². The Morgan fingerprint density at radius 1 is 1.06 bits per heavy atom. The molecule has 0 saturated carbocycles. The summed E-state index contributed by atoms with van der Waals surface area (Å²) in [5.41, 5.74) is 0.391. The standard InChI is InChI=1S/C21H13Cl2N3O6/c1-10-6-17(25-32-10)26-19(28)13-4-2-11(7-14(13)20(26)29)21(30)31-9-18(27)24-16-8-12(22)3-5-15(16)23/h2-8H,9H2,1H3,(H,24,27). The molecule has 0 radical (unpaired) electrons. The second-order valence-electron chi connectivity index (χ2n) is 6.75. The van der Waals surface area contributed by atoms with Crippen molar-refractivity contribution >= 4 is 58.4 Å². The summed E-state index contributed by atoms with van der Waals surface area (Å²) in [4.78, 5) is 50.6. The van der Waals surface area contributed by atoms with Crippen molar-refractivity contribution in [2.45, 2.75) is 6.92 Å². The van der Waals surface area contributed by atoms with Crippen molar-refractivity contribution < 1.29 is 28.4 Å². The number of carbonyl (C=O) groups is 4. The second-order valence-corrected chi connectivity index (χ2v) is 7.59. The first-order chi connectivity index (χ1) is 15.2. The van der Waals surface area contributed by atoms with E-state index in [-0.39, 0.29) is 33.2 Å². The minimum atomic E-state index is -0.851. The number of anilines is 2. The Bertz CT molecular complexity index is 1290. The van der Waals surface area contributed by atoms with Crippen molar-refractivity contribution in [2.24, 2.45) is 0 Å². The number of nitrogens with zero attached hydrogens (tertiary/aromatic N) is 2. The number of fused-ring (bicyclic) bond motifs is 1. The van der Waals surface area contributed by atoms with Crippen LogP contribution in [0.3, 0.4) is 0 Å². The van der Waals surface area contributed by atoms with Crippen LogP contribution >= 0.6 is 23.2 Å². The number of benzene rings is 2. The predicted molar refractivity (Wildman–Crippen MR) is 114 cm³/mol. The van der Waals surface area contributed by atoms with Gasteiger partial charge in [-0.25, -0.2) is 9.69 Å². The molecule has 2 heterocycles. The molecule has 9 nitrogen and oxygen atoms in total. The molecule has 3 aromatic rings. The van der Waals surface area contributed by atoms with Crippen molar-refractivity contribution in [1.82, 2.24) is 5.16 Å². The number of carbonyl (C=O) groups excluding carboxylic acids is 4. The fourth-order valence-corrected chi connectivity index (χ4v) is 3.37. The summed E-state index contributed by atoms with van der Waals surface area (Å²) >= 11 is 11.8. The Morgan fingerprint density at radius 3 is 2.53 bits per heavy atom. The minimum absolute atomic E-state index is 0.00308. The van der Waals surface area contributed by atoms with Gasteiger partial charge >= 0.3 is 5.97 Å². The zero-order valence-corrected chi connectivity index (χ0v) is 17.9. The number of nitrogens with one attached hydrogen (secondary N) is 1. The monoisotopic (exact) mass is 473 g/mol. The van der Waals surface area contributed by atoms with Gasteiger partial charge in [0.25, 0.3) is 17.7 Å². The maximum Gasteiger partial charge on any atom is 0.338 e. The van der Waals surface area contributed by atoms with Crippen LogP contribution < -0.4 is 10.2 Å². The molecule has 3 amide bonds. The van der Waals surface area contributed by atoms with Gasteiger partial charge in [0.05, 0.1) is 27.4 Å². The highest BCUT2D eigenvalue weighted by molar-refractivity contribution is 6.36. The maximum atomic E-state index is 12.7. The van der Waals surface area contributed by atoms with E-state index in [1.54, 1.807) is 13.0 Å². The van der Waals surface area contributed by atoms with E-state index in [2.05, 4.69) is 10.5 Å². The minimum Gasteiger partial charge on any atom is -0.452 e. The molecule has 2 aromatic carbocycles. The first-order valence-electron chi connectivity index (χ1n) is 9.13. The predicted octanol–water partition coefficient (Wildman–Crippen LogP) is 3.89. The van der Waals surface area contributed by atoms with E-state index in [1.807, 2.05) is 0 Å². The number of aromatic nitrogens is 1. The third-order valence-corrected chi connectivity index (χ3v) is 5.07. The number of imide groups is 1. The van der Waals surface area contributed by atoms with Crippen LogP contribution in [0.5, 0.6) is 0 Å². The lowest BCUT2D eigenvalue weighted by Gasteiger charge is -2.09. The molecule has 0 atom stereocenters. The topological polar surface area (TPSA) is 119 Å². The first-order valence-corrected chi connectivity index (χ1v) is 9.88. The van der Waals surface area contributed by atoms with Crippen molar-refractivity contribution in [3.05, 3.63) is 75.0 Å². The molecule has 0 spiro atoms. The van der Waals surface area contributed by atoms with Crippen LogP contribution in [0.25, 0.3) is 0 Å². The van der Waals surface area contributed by atoms with Gasteiger partial charge in [0.15, 0.2) is 12.4 Å². The van der Waals surface area contributed by atoms with Crippen molar-refractivity contribution in [3.8, 4) is 0 Å². The fraction of sp³-hybridized carbons (Fsp3) is 0.0952. The summed E-state index contributed by atoms with van der Waals surface area (Å²) in [6.07, 6.45) is 0. The molecule has 11 heteroatoms. The average molecular weight is 474 g/mol. The molecule has 1 aliphatic heterocycles. The van der Waals surface area contributed by atoms with Crippen LogP contribution in [-0.2, 0) is 9.53 Å². The van der Waals surface area contributed by atoms with E-state index in [0.717, 1.165) is 4.90 Å². The van der Waals surface area contributed by atoms with Crippen LogP contribution in [0.1, 0.15) is 36.8 Å². The van der Waals surface area contributed by atoms with Gasteiger partial charge in [0.1, 0.15) is 5.76 Å². The van der Waals surface area contributed by atoms with Crippen molar-refractivity contribution in [2.75, 3.05) is 16.8 Å². The Kier molecular flexibility index (Phi) is 5.68. The zero-order chi connectivity index (χ0) is 23.0. The van der Waals surface area contributed by atoms with Crippen molar-refractivity contribution in [1.29, 1.82) is 0 Å². The number of amides is 3. The van der Waals surface area contributed by atoms with Gasteiger partial charge in [-0.15, -0.1) is 0 Å². The molecule has 1 aliphatic rings. The molecule has 0 aliphatic carbocycles. The van der Waals surface area contributed by atoms with E-state index < -0.39 is 30.3 Å². The number of aryl methyl sites for hydroxylation is 1. The largest absolute Gasteiger partial charge is 0.452 e. The lowest BCUT2D eigenvalue weighted by Crippen LogP contribution is -2.29. The molecule has 0 fully saturated rings. The van der Waals surface area contributed by atoms with Gasteiger partial charge in [-0.1, -0.05) is 28.4 Å². The molecule has 162 valence electrons. The number of esters is 1. The quantitative estimate of drug-likeness (QED) is 0.440. The van der Waals surface area contributed by atoms with E-state index in [4.69, 9.17) is 32.5 Å². The second kappa shape index (κ2) is 8.45.